The Labute approximate surface area is 172 Å². The van der Waals surface area contributed by atoms with Gasteiger partial charge in [-0.25, -0.2) is 14.7 Å². The highest BCUT2D eigenvalue weighted by Gasteiger charge is 2.18. The molecule has 1 aromatic heterocycles. The van der Waals surface area contributed by atoms with Crippen LogP contribution in [0.25, 0.3) is 5.69 Å². The molecular weight excluding hydrogens is 439 g/mol. The predicted molar refractivity (Wildman–Crippen MR) is 116 cm³/mol. The molecule has 142 valence electrons. The maximum absolute atomic E-state index is 4.75. The van der Waals surface area contributed by atoms with Crippen molar-refractivity contribution in [2.24, 2.45) is 10.9 Å². The van der Waals surface area contributed by atoms with Gasteiger partial charge in [0.2, 0.25) is 0 Å². The van der Waals surface area contributed by atoms with Gasteiger partial charge in [-0.3, -0.25) is 0 Å². The number of hydrogen-bond donors (Lipinski definition) is 2. The van der Waals surface area contributed by atoms with Crippen molar-refractivity contribution in [1.29, 1.82) is 0 Å². The normalized spacial score (nSPS) is 20.3. The Kier molecular flexibility index (Phi) is 8.34. The molecule has 3 rings (SSSR count). The SMILES string of the molecule is CCNC(=NCc1ccc(-n2cncn2)cc1)NC1CCC(C)CC1.I. The topological polar surface area (TPSA) is 67.1 Å². The fraction of sp³-hybridized carbons (Fsp3) is 0.526. The molecule has 1 aliphatic rings. The number of nitrogens with zero attached hydrogens (tertiary/aromatic N) is 4. The molecular formula is C19H29IN6. The molecule has 26 heavy (non-hydrogen) atoms. The Morgan fingerprint density at radius 2 is 1.92 bits per heavy atom. The Morgan fingerprint density at radius 3 is 2.54 bits per heavy atom. The minimum atomic E-state index is 0. The first-order valence-electron chi connectivity index (χ1n) is 9.23. The number of halogens is 1. The van der Waals surface area contributed by atoms with E-state index in [2.05, 4.69) is 46.7 Å². The number of rotatable bonds is 5. The van der Waals surface area contributed by atoms with Crippen LogP contribution in [0.2, 0.25) is 0 Å². The lowest BCUT2D eigenvalue weighted by Gasteiger charge is -2.28. The summed E-state index contributed by atoms with van der Waals surface area (Å²) in [6.45, 7) is 5.99. The molecule has 6 nitrogen and oxygen atoms in total. The summed E-state index contributed by atoms with van der Waals surface area (Å²) < 4.78 is 1.75. The van der Waals surface area contributed by atoms with Crippen LogP contribution in [0.5, 0.6) is 0 Å². The monoisotopic (exact) mass is 468 g/mol. The lowest BCUT2D eigenvalue weighted by molar-refractivity contribution is 0.329. The average Bonchev–Trinajstić information content (AvgIpc) is 3.17. The van der Waals surface area contributed by atoms with Gasteiger partial charge in [-0.15, -0.1) is 24.0 Å². The number of aromatic nitrogens is 3. The van der Waals surface area contributed by atoms with Gasteiger partial charge < -0.3 is 10.6 Å². The number of aliphatic imine (C=N–C) groups is 1. The summed E-state index contributed by atoms with van der Waals surface area (Å²) in [7, 11) is 0. The zero-order chi connectivity index (χ0) is 17.5. The third kappa shape index (κ3) is 5.96. The summed E-state index contributed by atoms with van der Waals surface area (Å²) in [6, 6.07) is 8.81. The van der Waals surface area contributed by atoms with Gasteiger partial charge in [-0.05, 0) is 56.2 Å². The summed E-state index contributed by atoms with van der Waals surface area (Å²) in [5.41, 5.74) is 2.19. The van der Waals surface area contributed by atoms with Gasteiger partial charge in [-0.1, -0.05) is 19.1 Å². The van der Waals surface area contributed by atoms with Gasteiger partial charge in [0.25, 0.3) is 0 Å². The maximum atomic E-state index is 4.75. The fourth-order valence-corrected chi connectivity index (χ4v) is 3.18. The highest BCUT2D eigenvalue weighted by molar-refractivity contribution is 14.0. The van der Waals surface area contributed by atoms with Gasteiger partial charge in [0.1, 0.15) is 12.7 Å². The quantitative estimate of drug-likeness (QED) is 0.401. The first-order valence-corrected chi connectivity index (χ1v) is 9.23. The summed E-state index contributed by atoms with van der Waals surface area (Å²) in [6.07, 6.45) is 8.32. The van der Waals surface area contributed by atoms with E-state index in [0.29, 0.717) is 12.6 Å². The van der Waals surface area contributed by atoms with Crippen molar-refractivity contribution in [2.45, 2.75) is 52.1 Å². The maximum Gasteiger partial charge on any atom is 0.191 e. The Hall–Kier alpha value is -1.64. The van der Waals surface area contributed by atoms with Crippen molar-refractivity contribution in [3.05, 3.63) is 42.5 Å². The van der Waals surface area contributed by atoms with E-state index in [1.54, 1.807) is 17.3 Å². The van der Waals surface area contributed by atoms with Crippen molar-refractivity contribution < 1.29 is 0 Å². The van der Waals surface area contributed by atoms with E-state index in [1.165, 1.54) is 31.2 Å². The molecule has 2 aromatic rings. The van der Waals surface area contributed by atoms with Crippen molar-refractivity contribution in [3.8, 4) is 5.69 Å². The molecule has 0 aliphatic heterocycles. The van der Waals surface area contributed by atoms with Crippen LogP contribution in [0, 0.1) is 5.92 Å². The van der Waals surface area contributed by atoms with Crippen LogP contribution in [0.4, 0.5) is 0 Å². The minimum Gasteiger partial charge on any atom is -0.357 e. The van der Waals surface area contributed by atoms with Crippen molar-refractivity contribution in [1.82, 2.24) is 25.4 Å². The Balaban J connectivity index is 0.00000243. The summed E-state index contributed by atoms with van der Waals surface area (Å²) in [5, 5.41) is 11.1. The van der Waals surface area contributed by atoms with E-state index in [0.717, 1.165) is 24.1 Å². The van der Waals surface area contributed by atoms with Gasteiger partial charge in [-0.2, -0.15) is 5.10 Å². The Bertz CT molecular complexity index is 660. The van der Waals surface area contributed by atoms with Crippen LogP contribution in [-0.2, 0) is 6.54 Å². The van der Waals surface area contributed by atoms with E-state index in [4.69, 9.17) is 4.99 Å². The minimum absolute atomic E-state index is 0. The molecule has 1 aliphatic carbocycles. The molecule has 7 heteroatoms. The molecule has 0 unspecified atom stereocenters. The number of hydrogen-bond acceptors (Lipinski definition) is 3. The summed E-state index contributed by atoms with van der Waals surface area (Å²) in [5.74, 6) is 1.78. The third-order valence-corrected chi connectivity index (χ3v) is 4.74. The second kappa shape index (κ2) is 10.5. The van der Waals surface area contributed by atoms with E-state index in [1.807, 2.05) is 12.1 Å². The van der Waals surface area contributed by atoms with Crippen LogP contribution in [0.3, 0.4) is 0 Å². The second-order valence-corrected chi connectivity index (χ2v) is 6.80. The van der Waals surface area contributed by atoms with E-state index in [-0.39, 0.29) is 24.0 Å². The summed E-state index contributed by atoms with van der Waals surface area (Å²) >= 11 is 0. The van der Waals surface area contributed by atoms with E-state index < -0.39 is 0 Å². The molecule has 1 aromatic carbocycles. The van der Waals surface area contributed by atoms with Crippen LogP contribution >= 0.6 is 24.0 Å². The smallest absolute Gasteiger partial charge is 0.191 e. The van der Waals surface area contributed by atoms with Gasteiger partial charge in [0, 0.05) is 12.6 Å². The first-order chi connectivity index (χ1) is 12.2. The van der Waals surface area contributed by atoms with E-state index in [9.17, 15) is 0 Å². The van der Waals surface area contributed by atoms with Crippen molar-refractivity contribution in [2.75, 3.05) is 6.54 Å². The molecule has 1 saturated carbocycles. The Morgan fingerprint density at radius 1 is 1.19 bits per heavy atom. The number of benzene rings is 1. The first kappa shape index (κ1) is 20.7. The fourth-order valence-electron chi connectivity index (χ4n) is 3.18. The number of nitrogens with one attached hydrogen (secondary N) is 2. The van der Waals surface area contributed by atoms with Gasteiger partial charge >= 0.3 is 0 Å². The third-order valence-electron chi connectivity index (χ3n) is 4.74. The largest absolute Gasteiger partial charge is 0.357 e. The van der Waals surface area contributed by atoms with Gasteiger partial charge in [0.15, 0.2) is 5.96 Å². The number of guanidine groups is 1. The van der Waals surface area contributed by atoms with Crippen molar-refractivity contribution >= 4 is 29.9 Å². The summed E-state index contributed by atoms with van der Waals surface area (Å²) in [4.78, 5) is 8.72. The standard InChI is InChI=1S/C19H28N6.HI/c1-3-21-19(24-17-8-4-15(2)5-9-17)22-12-16-6-10-18(11-7-16)25-14-20-13-23-25;/h6-7,10-11,13-15,17H,3-5,8-9,12H2,1-2H3,(H2,21,22,24);1H. The molecule has 0 bridgehead atoms. The van der Waals surface area contributed by atoms with Crippen LogP contribution < -0.4 is 10.6 Å². The lowest BCUT2D eigenvalue weighted by Crippen LogP contribution is -2.44. The van der Waals surface area contributed by atoms with Gasteiger partial charge in [0.05, 0.1) is 12.2 Å². The molecule has 0 amide bonds. The highest BCUT2D eigenvalue weighted by atomic mass is 127. The van der Waals surface area contributed by atoms with Crippen LogP contribution in [0.15, 0.2) is 41.9 Å². The van der Waals surface area contributed by atoms with E-state index >= 15 is 0 Å². The molecule has 0 radical (unpaired) electrons. The van der Waals surface area contributed by atoms with Crippen LogP contribution in [-0.4, -0.2) is 33.3 Å². The lowest BCUT2D eigenvalue weighted by atomic mass is 9.87. The zero-order valence-electron chi connectivity index (χ0n) is 15.6. The molecule has 0 saturated heterocycles. The van der Waals surface area contributed by atoms with Crippen LogP contribution in [0.1, 0.15) is 45.1 Å². The second-order valence-electron chi connectivity index (χ2n) is 6.80. The highest BCUT2D eigenvalue weighted by Crippen LogP contribution is 2.23. The predicted octanol–water partition coefficient (Wildman–Crippen LogP) is 3.52. The molecule has 0 spiro atoms. The molecule has 2 N–H and O–H groups in total. The molecule has 0 atom stereocenters. The molecule has 1 heterocycles. The average molecular weight is 468 g/mol. The van der Waals surface area contributed by atoms with Crippen molar-refractivity contribution in [3.63, 3.8) is 0 Å². The molecule has 1 fully saturated rings. The zero-order valence-corrected chi connectivity index (χ0v) is 17.9.